The molecule has 4 aromatic rings. The maximum atomic E-state index is 13.4. The van der Waals surface area contributed by atoms with Gasteiger partial charge in [-0.05, 0) is 145 Å². The lowest BCUT2D eigenvalue weighted by Crippen LogP contribution is -2.49. The minimum atomic E-state index is -0.469. The second kappa shape index (κ2) is 21.2. The number of hydrogen-bond acceptors (Lipinski definition) is 7. The Labute approximate surface area is 411 Å². The Hall–Kier alpha value is -4.91. The van der Waals surface area contributed by atoms with Crippen LogP contribution in [0.4, 0.5) is 4.79 Å². The van der Waals surface area contributed by atoms with Crippen molar-refractivity contribution < 1.29 is 19.1 Å². The van der Waals surface area contributed by atoms with E-state index in [2.05, 4.69) is 80.4 Å². The molecule has 4 fully saturated rings. The van der Waals surface area contributed by atoms with Crippen LogP contribution in [-0.2, 0) is 43.8 Å². The molecule has 0 unspecified atom stereocenters. The van der Waals surface area contributed by atoms with Crippen molar-refractivity contribution in [2.24, 2.45) is 11.8 Å². The standard InChI is InChI=1S/C31H44N4O3.C26H36N4O/c1-6-14-35-27-8-7-23(29(36)32-15-9-22(2)10-16-32)20-25(27)26-21-34(19-13-28(26)35)24-11-17-33(18-12-24)30(37)38-31(3,4)5;1-3-13-30-24-5-4-20(26(31)28-14-8-19(2)9-15-28)17-22(24)23-18-29(16-10-25(23)30)21-6-11-27-12-7-21/h6-8,20,22,24H,1,9-19,21H2,2-5H3;3-5,17,19,21,27H,1,6-16,18H2,2H3. The lowest BCUT2D eigenvalue weighted by atomic mass is 9.96. The van der Waals surface area contributed by atoms with Crippen LogP contribution in [0.15, 0.2) is 61.7 Å². The second-order valence-electron chi connectivity index (χ2n) is 22.2. The summed E-state index contributed by atoms with van der Waals surface area (Å²) in [5, 5.41) is 5.97. The minimum Gasteiger partial charge on any atom is -0.444 e. The third-order valence-electron chi connectivity index (χ3n) is 16.3. The molecule has 0 bridgehead atoms. The number of ether oxygens (including phenoxy) is 1. The Bertz CT molecular complexity index is 2500. The number of hydrogen-bond donors (Lipinski definition) is 1. The summed E-state index contributed by atoms with van der Waals surface area (Å²) in [6.45, 7) is 31.1. The van der Waals surface area contributed by atoms with Gasteiger partial charge in [0.15, 0.2) is 0 Å². The van der Waals surface area contributed by atoms with E-state index in [1.807, 2.05) is 54.9 Å². The van der Waals surface area contributed by atoms with Gasteiger partial charge >= 0.3 is 6.09 Å². The molecule has 6 aliphatic heterocycles. The maximum absolute atomic E-state index is 13.4. The summed E-state index contributed by atoms with van der Waals surface area (Å²) >= 11 is 0. The summed E-state index contributed by atoms with van der Waals surface area (Å²) in [5.74, 6) is 1.78. The van der Waals surface area contributed by atoms with Crippen LogP contribution >= 0.6 is 0 Å². The van der Waals surface area contributed by atoms with Crippen LogP contribution in [0, 0.1) is 11.8 Å². The molecule has 1 N–H and O–H groups in total. The van der Waals surface area contributed by atoms with Gasteiger partial charge in [0.2, 0.25) is 0 Å². The van der Waals surface area contributed by atoms with E-state index in [9.17, 15) is 14.4 Å². The zero-order valence-electron chi connectivity index (χ0n) is 42.6. The van der Waals surface area contributed by atoms with Crippen molar-refractivity contribution in [2.75, 3.05) is 65.4 Å². The van der Waals surface area contributed by atoms with Gasteiger partial charge in [0.05, 0.1) is 0 Å². The van der Waals surface area contributed by atoms with Gasteiger partial charge in [-0.1, -0.05) is 26.0 Å². The molecule has 2 aromatic heterocycles. The number of nitrogens with zero attached hydrogens (tertiary/aromatic N) is 7. The highest BCUT2D eigenvalue weighted by Gasteiger charge is 2.34. The highest BCUT2D eigenvalue weighted by molar-refractivity contribution is 6.00. The summed E-state index contributed by atoms with van der Waals surface area (Å²) in [7, 11) is 0. The Morgan fingerprint density at radius 2 is 1.03 bits per heavy atom. The number of rotatable bonds is 8. The van der Waals surface area contributed by atoms with Crippen LogP contribution < -0.4 is 5.32 Å². The van der Waals surface area contributed by atoms with E-state index in [0.29, 0.717) is 18.0 Å². The molecule has 0 spiro atoms. The number of fused-ring (bicyclic) bond motifs is 6. The number of likely N-dealkylation sites (tertiary alicyclic amines) is 3. The van der Waals surface area contributed by atoms with Gasteiger partial charge in [0, 0.05) is 148 Å². The van der Waals surface area contributed by atoms with Crippen LogP contribution in [-0.4, -0.2) is 135 Å². The van der Waals surface area contributed by atoms with Crippen molar-refractivity contribution in [3.05, 3.63) is 95.3 Å². The Kier molecular flexibility index (Phi) is 15.1. The molecule has 8 heterocycles. The number of carbonyl (C=O) groups excluding carboxylic acids is 3. The van der Waals surface area contributed by atoms with Gasteiger partial charge in [0.1, 0.15) is 5.60 Å². The molecule has 2 aromatic carbocycles. The van der Waals surface area contributed by atoms with Crippen molar-refractivity contribution in [1.82, 2.24) is 39.0 Å². The zero-order valence-corrected chi connectivity index (χ0v) is 42.6. The number of nitrogens with one attached hydrogen (secondary N) is 1. The molecule has 0 radical (unpaired) electrons. The number of allylic oxidation sites excluding steroid dienone is 2. The molecular formula is C57H80N8O4. The predicted molar refractivity (Wildman–Crippen MR) is 278 cm³/mol. The second-order valence-corrected chi connectivity index (χ2v) is 22.2. The summed E-state index contributed by atoms with van der Waals surface area (Å²) < 4.78 is 10.4. The van der Waals surface area contributed by atoms with E-state index in [1.165, 1.54) is 57.2 Å². The van der Waals surface area contributed by atoms with Crippen molar-refractivity contribution in [3.8, 4) is 0 Å². The molecule has 0 aliphatic carbocycles. The number of carbonyl (C=O) groups is 3. The molecule has 6 aliphatic rings. The maximum Gasteiger partial charge on any atom is 0.410 e. The van der Waals surface area contributed by atoms with Crippen molar-refractivity contribution in [3.63, 3.8) is 0 Å². The fraction of sp³-hybridized carbons (Fsp3) is 0.596. The van der Waals surface area contributed by atoms with Crippen LogP contribution in [0.25, 0.3) is 21.8 Å². The Morgan fingerprint density at radius 3 is 1.45 bits per heavy atom. The number of aromatic nitrogens is 2. The average molecular weight is 941 g/mol. The first-order chi connectivity index (χ1) is 33.3. The average Bonchev–Trinajstić information content (AvgIpc) is 3.84. The van der Waals surface area contributed by atoms with Crippen LogP contribution in [0.1, 0.15) is 129 Å². The number of amides is 3. The van der Waals surface area contributed by atoms with E-state index in [4.69, 9.17) is 4.74 Å². The largest absolute Gasteiger partial charge is 0.444 e. The SMILES string of the molecule is C=CCn1c2c(c3cc(C(=O)N4CCC(C)CC4)ccc31)CN(C1CCN(C(=O)OC(C)(C)C)CC1)CC2.C=CCn1c2c(c3cc(C(=O)N4CCC(C)CC4)ccc31)CN(C1CCNCC1)CC2. The minimum absolute atomic E-state index is 0.159. The van der Waals surface area contributed by atoms with Gasteiger partial charge in [0.25, 0.3) is 11.8 Å². The first-order valence-electron chi connectivity index (χ1n) is 26.5. The summed E-state index contributed by atoms with van der Waals surface area (Å²) in [6.07, 6.45) is 14.6. The van der Waals surface area contributed by atoms with Crippen molar-refractivity contribution in [2.45, 2.75) is 143 Å². The summed E-state index contributed by atoms with van der Waals surface area (Å²) in [4.78, 5) is 50.4. The fourth-order valence-corrected chi connectivity index (χ4v) is 12.2. The van der Waals surface area contributed by atoms with E-state index < -0.39 is 5.60 Å². The van der Waals surface area contributed by atoms with Gasteiger partial charge in [-0.25, -0.2) is 4.79 Å². The normalized spacial score (nSPS) is 20.6. The van der Waals surface area contributed by atoms with E-state index in [0.717, 1.165) is 160 Å². The lowest BCUT2D eigenvalue weighted by Gasteiger charge is -2.40. The number of piperidine rings is 4. The van der Waals surface area contributed by atoms with Gasteiger partial charge < -0.3 is 33.9 Å². The molecule has 4 saturated heterocycles. The summed E-state index contributed by atoms with van der Waals surface area (Å²) in [6, 6.07) is 13.8. The van der Waals surface area contributed by atoms with E-state index in [-0.39, 0.29) is 17.9 Å². The third kappa shape index (κ3) is 10.7. The zero-order chi connectivity index (χ0) is 48.4. The first kappa shape index (κ1) is 49.1. The lowest BCUT2D eigenvalue weighted by molar-refractivity contribution is 0.0133. The van der Waals surface area contributed by atoms with Gasteiger partial charge in [-0.3, -0.25) is 19.4 Å². The smallest absolute Gasteiger partial charge is 0.410 e. The molecule has 0 atom stereocenters. The number of benzene rings is 2. The third-order valence-corrected chi connectivity index (χ3v) is 16.3. The fourth-order valence-electron chi connectivity index (χ4n) is 12.2. The molecule has 12 nitrogen and oxygen atoms in total. The monoisotopic (exact) mass is 941 g/mol. The quantitative estimate of drug-likeness (QED) is 0.176. The molecule has 10 rings (SSSR count). The molecule has 69 heavy (non-hydrogen) atoms. The molecular weight excluding hydrogens is 861 g/mol. The molecule has 0 saturated carbocycles. The van der Waals surface area contributed by atoms with Crippen molar-refractivity contribution in [1.29, 1.82) is 0 Å². The van der Waals surface area contributed by atoms with Crippen LogP contribution in [0.3, 0.4) is 0 Å². The van der Waals surface area contributed by atoms with E-state index >= 15 is 0 Å². The van der Waals surface area contributed by atoms with Gasteiger partial charge in [-0.15, -0.1) is 13.2 Å². The van der Waals surface area contributed by atoms with Crippen LogP contribution in [0.5, 0.6) is 0 Å². The summed E-state index contributed by atoms with van der Waals surface area (Å²) in [5.41, 5.74) is 9.22. The van der Waals surface area contributed by atoms with Crippen molar-refractivity contribution >= 4 is 39.7 Å². The molecule has 3 amide bonds. The molecule has 12 heteroatoms. The highest BCUT2D eigenvalue weighted by Crippen LogP contribution is 2.36. The first-order valence-corrected chi connectivity index (χ1v) is 26.5. The van der Waals surface area contributed by atoms with E-state index in [1.54, 1.807) is 0 Å². The van der Waals surface area contributed by atoms with Gasteiger partial charge in [-0.2, -0.15) is 0 Å². The van der Waals surface area contributed by atoms with Crippen LogP contribution in [0.2, 0.25) is 0 Å². The molecule has 372 valence electrons. The Morgan fingerprint density at radius 1 is 0.609 bits per heavy atom. The predicted octanol–water partition coefficient (Wildman–Crippen LogP) is 9.27. The Balaban J connectivity index is 0.000000175. The highest BCUT2D eigenvalue weighted by atomic mass is 16.6. The topological polar surface area (TPSA) is 98.5 Å².